The van der Waals surface area contributed by atoms with Crippen molar-refractivity contribution in [3.8, 4) is 0 Å². The van der Waals surface area contributed by atoms with Gasteiger partial charge in [-0.1, -0.05) is 30.0 Å². The molecule has 0 aliphatic carbocycles. The van der Waals surface area contributed by atoms with Crippen LogP contribution in [0.25, 0.3) is 0 Å². The van der Waals surface area contributed by atoms with Crippen LogP contribution in [0.15, 0.2) is 29.4 Å². The molecule has 10 nitrogen and oxygen atoms in total. The fourth-order valence-corrected chi connectivity index (χ4v) is 6.11. The first kappa shape index (κ1) is 21.5. The van der Waals surface area contributed by atoms with Crippen LogP contribution >= 0.6 is 11.8 Å². The average Bonchev–Trinajstić information content (AvgIpc) is 3.23. The molecule has 2 aromatic heterocycles. The fraction of sp³-hybridized carbons (Fsp3) is 0.421. The molecule has 0 bridgehead atoms. The van der Waals surface area contributed by atoms with Crippen LogP contribution in [0.4, 0.5) is 17.6 Å². The summed E-state index contributed by atoms with van der Waals surface area (Å²) < 4.78 is 25.3. The molecule has 12 heteroatoms. The van der Waals surface area contributed by atoms with Gasteiger partial charge in [-0.15, -0.1) is 10.2 Å². The van der Waals surface area contributed by atoms with Gasteiger partial charge in [-0.2, -0.15) is 15.0 Å². The van der Waals surface area contributed by atoms with E-state index < -0.39 is 9.84 Å². The van der Waals surface area contributed by atoms with Crippen LogP contribution in [0, 0.1) is 12.8 Å². The molecule has 3 aromatic rings. The van der Waals surface area contributed by atoms with E-state index in [1.165, 1.54) is 11.8 Å². The van der Waals surface area contributed by atoms with Gasteiger partial charge >= 0.3 is 0 Å². The highest BCUT2D eigenvalue weighted by atomic mass is 32.2. The highest BCUT2D eigenvalue weighted by molar-refractivity contribution is 7.98. The first-order valence-electron chi connectivity index (χ1n) is 9.83. The number of thioether (sulfide) groups is 1. The molecule has 0 saturated carbocycles. The third-order valence-corrected chi connectivity index (χ3v) is 8.00. The standard InChI is InChI=1S/C19H24N8O2S2/c1-12-5-3-4-6-14(12)21-18-23-15(22-17(20)24-18)10-30-19-26-25-16(27(19)2)9-13-7-8-31(28,29)11-13/h3-6,13H,7-11H2,1-2H3,(H3,20,21,22,23,24). The summed E-state index contributed by atoms with van der Waals surface area (Å²) in [6.45, 7) is 2.00. The number of para-hydroxylation sites is 1. The van der Waals surface area contributed by atoms with E-state index in [1.54, 1.807) is 0 Å². The molecule has 0 spiro atoms. The summed E-state index contributed by atoms with van der Waals surface area (Å²) in [6.07, 6.45) is 1.28. The smallest absolute Gasteiger partial charge is 0.232 e. The Kier molecular flexibility index (Phi) is 6.10. The predicted molar refractivity (Wildman–Crippen MR) is 120 cm³/mol. The topological polar surface area (TPSA) is 142 Å². The van der Waals surface area contributed by atoms with E-state index in [0.29, 0.717) is 35.5 Å². The highest BCUT2D eigenvalue weighted by Gasteiger charge is 2.29. The number of benzene rings is 1. The van der Waals surface area contributed by atoms with Gasteiger partial charge in [-0.3, -0.25) is 0 Å². The number of anilines is 3. The van der Waals surface area contributed by atoms with E-state index >= 15 is 0 Å². The van der Waals surface area contributed by atoms with Crippen molar-refractivity contribution < 1.29 is 8.42 Å². The van der Waals surface area contributed by atoms with Gasteiger partial charge in [-0.25, -0.2) is 8.42 Å². The molecule has 4 rings (SSSR count). The minimum absolute atomic E-state index is 0.101. The molecule has 31 heavy (non-hydrogen) atoms. The van der Waals surface area contributed by atoms with E-state index in [9.17, 15) is 8.42 Å². The van der Waals surface area contributed by atoms with Crippen LogP contribution in [-0.2, 0) is 29.1 Å². The summed E-state index contributed by atoms with van der Waals surface area (Å²) in [7, 11) is -1.02. The van der Waals surface area contributed by atoms with E-state index in [4.69, 9.17) is 5.73 Å². The first-order valence-corrected chi connectivity index (χ1v) is 12.6. The Morgan fingerprint density at radius 2 is 2.03 bits per heavy atom. The van der Waals surface area contributed by atoms with Crippen LogP contribution in [0.1, 0.15) is 23.6 Å². The maximum atomic E-state index is 11.7. The summed E-state index contributed by atoms with van der Waals surface area (Å²) in [5, 5.41) is 12.4. The Hall–Kier alpha value is -2.73. The van der Waals surface area contributed by atoms with Crippen molar-refractivity contribution in [2.75, 3.05) is 22.6 Å². The Balaban J connectivity index is 1.42. The lowest BCUT2D eigenvalue weighted by molar-refractivity contribution is 0.552. The number of nitrogens with two attached hydrogens (primary N) is 1. The highest BCUT2D eigenvalue weighted by Crippen LogP contribution is 2.25. The van der Waals surface area contributed by atoms with Gasteiger partial charge < -0.3 is 15.6 Å². The zero-order valence-corrected chi connectivity index (χ0v) is 18.9. The average molecular weight is 461 g/mol. The molecule has 164 valence electrons. The number of sulfone groups is 1. The van der Waals surface area contributed by atoms with Crippen LogP contribution in [0.5, 0.6) is 0 Å². The molecular formula is C19H24N8O2S2. The SMILES string of the molecule is Cc1ccccc1Nc1nc(N)nc(CSc2nnc(CC3CCS(=O)(=O)C3)n2C)n1. The third kappa shape index (κ3) is 5.31. The number of hydrogen-bond donors (Lipinski definition) is 2. The summed E-state index contributed by atoms with van der Waals surface area (Å²) >= 11 is 1.44. The lowest BCUT2D eigenvalue weighted by atomic mass is 10.1. The van der Waals surface area contributed by atoms with Crippen LogP contribution in [0.2, 0.25) is 0 Å². The molecule has 1 aliphatic rings. The van der Waals surface area contributed by atoms with Crippen molar-refractivity contribution in [2.45, 2.75) is 30.7 Å². The van der Waals surface area contributed by atoms with Crippen LogP contribution in [0.3, 0.4) is 0 Å². The zero-order valence-electron chi connectivity index (χ0n) is 17.3. The fourth-order valence-electron chi connectivity index (χ4n) is 3.46. The van der Waals surface area contributed by atoms with Crippen molar-refractivity contribution >= 4 is 39.2 Å². The lowest BCUT2D eigenvalue weighted by Gasteiger charge is -2.09. The van der Waals surface area contributed by atoms with Crippen molar-refractivity contribution in [1.29, 1.82) is 0 Å². The van der Waals surface area contributed by atoms with Crippen LogP contribution in [-0.4, -0.2) is 49.6 Å². The van der Waals surface area contributed by atoms with Gasteiger partial charge in [0.2, 0.25) is 11.9 Å². The van der Waals surface area contributed by atoms with Gasteiger partial charge in [0.05, 0.1) is 17.3 Å². The minimum Gasteiger partial charge on any atom is -0.368 e. The Morgan fingerprint density at radius 3 is 2.77 bits per heavy atom. The maximum absolute atomic E-state index is 11.7. The summed E-state index contributed by atoms with van der Waals surface area (Å²) in [4.78, 5) is 12.9. The second kappa shape index (κ2) is 8.79. The Bertz CT molecular complexity index is 1200. The molecule has 1 fully saturated rings. The number of hydrogen-bond acceptors (Lipinski definition) is 10. The second-order valence-electron chi connectivity index (χ2n) is 7.59. The predicted octanol–water partition coefficient (Wildman–Crippen LogP) is 1.90. The van der Waals surface area contributed by atoms with Gasteiger partial charge in [0.25, 0.3) is 0 Å². The van der Waals surface area contributed by atoms with E-state index in [0.717, 1.165) is 17.1 Å². The number of nitrogens with one attached hydrogen (secondary N) is 1. The van der Waals surface area contributed by atoms with Gasteiger partial charge in [-0.05, 0) is 30.9 Å². The number of nitrogen functional groups attached to an aromatic ring is 1. The quantitative estimate of drug-likeness (QED) is 0.502. The normalized spacial score (nSPS) is 17.7. The van der Waals surface area contributed by atoms with Gasteiger partial charge in [0, 0.05) is 19.2 Å². The van der Waals surface area contributed by atoms with Gasteiger partial charge in [0.15, 0.2) is 15.0 Å². The summed E-state index contributed by atoms with van der Waals surface area (Å²) in [5.41, 5.74) is 7.84. The third-order valence-electron chi connectivity index (χ3n) is 5.14. The number of aryl methyl sites for hydroxylation is 1. The first-order chi connectivity index (χ1) is 14.8. The molecule has 1 atom stereocenters. The molecule has 3 N–H and O–H groups in total. The second-order valence-corrected chi connectivity index (χ2v) is 10.8. The molecule has 0 amide bonds. The summed E-state index contributed by atoms with van der Waals surface area (Å²) in [6, 6.07) is 7.84. The molecule has 1 aromatic carbocycles. The van der Waals surface area contributed by atoms with Crippen LogP contribution < -0.4 is 11.1 Å². The van der Waals surface area contributed by atoms with Gasteiger partial charge in [0.1, 0.15) is 11.6 Å². The molecule has 3 heterocycles. The van der Waals surface area contributed by atoms with Crippen molar-refractivity contribution in [3.63, 3.8) is 0 Å². The van der Waals surface area contributed by atoms with Crippen molar-refractivity contribution in [1.82, 2.24) is 29.7 Å². The monoisotopic (exact) mass is 460 g/mol. The minimum atomic E-state index is -2.90. The zero-order chi connectivity index (χ0) is 22.0. The molecule has 1 unspecified atom stereocenters. The Labute approximate surface area is 185 Å². The number of aromatic nitrogens is 6. The Morgan fingerprint density at radius 1 is 1.23 bits per heavy atom. The van der Waals surface area contributed by atoms with Crippen molar-refractivity contribution in [3.05, 3.63) is 41.5 Å². The summed E-state index contributed by atoms with van der Waals surface area (Å²) in [5.74, 6) is 2.87. The van der Waals surface area contributed by atoms with Crippen molar-refractivity contribution in [2.24, 2.45) is 13.0 Å². The molecule has 0 radical (unpaired) electrons. The van der Waals surface area contributed by atoms with E-state index in [-0.39, 0.29) is 23.4 Å². The lowest BCUT2D eigenvalue weighted by Crippen LogP contribution is -2.11. The van der Waals surface area contributed by atoms with E-state index in [1.807, 2.05) is 42.8 Å². The molecule has 1 saturated heterocycles. The number of rotatable bonds is 7. The molecular weight excluding hydrogens is 436 g/mol. The maximum Gasteiger partial charge on any atom is 0.232 e. The number of nitrogens with zero attached hydrogens (tertiary/aromatic N) is 6. The molecule has 1 aliphatic heterocycles. The van der Waals surface area contributed by atoms with E-state index in [2.05, 4.69) is 30.5 Å². The largest absolute Gasteiger partial charge is 0.368 e.